The van der Waals surface area contributed by atoms with Crippen LogP contribution < -0.4 is 5.32 Å². The van der Waals surface area contributed by atoms with Crippen LogP contribution in [-0.4, -0.2) is 22.9 Å². The summed E-state index contributed by atoms with van der Waals surface area (Å²) < 4.78 is 7.70. The van der Waals surface area contributed by atoms with Crippen molar-refractivity contribution in [3.05, 3.63) is 40.3 Å². The zero-order valence-electron chi connectivity index (χ0n) is 11.1. The van der Waals surface area contributed by atoms with E-state index in [1.807, 2.05) is 17.9 Å². The molecule has 1 fully saturated rings. The lowest BCUT2D eigenvalue weighted by atomic mass is 9.97. The van der Waals surface area contributed by atoms with Crippen LogP contribution in [0.3, 0.4) is 0 Å². The highest BCUT2D eigenvalue weighted by Gasteiger charge is 2.30. The zero-order valence-corrected chi connectivity index (χ0v) is 11.9. The molecule has 19 heavy (non-hydrogen) atoms. The molecule has 0 spiro atoms. The predicted molar refractivity (Wildman–Crippen MR) is 76.0 cm³/mol. The Kier molecular flexibility index (Phi) is 3.96. The van der Waals surface area contributed by atoms with Crippen LogP contribution >= 0.6 is 11.3 Å². The van der Waals surface area contributed by atoms with Crippen LogP contribution in [0.4, 0.5) is 0 Å². The molecule has 2 aromatic heterocycles. The van der Waals surface area contributed by atoms with Gasteiger partial charge in [0.1, 0.15) is 0 Å². The number of hydrogen-bond donors (Lipinski definition) is 1. The maximum Gasteiger partial charge on any atom is 0.0896 e. The van der Waals surface area contributed by atoms with Crippen molar-refractivity contribution >= 4 is 11.3 Å². The third-order valence-electron chi connectivity index (χ3n) is 3.55. The molecule has 1 aliphatic heterocycles. The van der Waals surface area contributed by atoms with Crippen LogP contribution in [0.5, 0.6) is 0 Å². The van der Waals surface area contributed by atoms with Gasteiger partial charge in [-0.3, -0.25) is 4.68 Å². The van der Waals surface area contributed by atoms with Gasteiger partial charge >= 0.3 is 0 Å². The molecule has 0 aromatic carbocycles. The van der Waals surface area contributed by atoms with E-state index >= 15 is 0 Å². The summed E-state index contributed by atoms with van der Waals surface area (Å²) in [4.78, 5) is 1.39. The Morgan fingerprint density at radius 1 is 1.58 bits per heavy atom. The average Bonchev–Trinajstić information content (AvgIpc) is 3.10. The lowest BCUT2D eigenvalue weighted by molar-refractivity contribution is 0.0904. The van der Waals surface area contributed by atoms with E-state index in [1.165, 1.54) is 10.4 Å². The number of rotatable bonds is 5. The van der Waals surface area contributed by atoms with Gasteiger partial charge in [-0.05, 0) is 17.9 Å². The van der Waals surface area contributed by atoms with E-state index < -0.39 is 0 Å². The monoisotopic (exact) mass is 277 g/mol. The Hall–Kier alpha value is -1.17. The maximum atomic E-state index is 5.86. The Morgan fingerprint density at radius 3 is 3.26 bits per heavy atom. The third kappa shape index (κ3) is 3.05. The fourth-order valence-corrected chi connectivity index (χ4v) is 3.27. The molecule has 5 heteroatoms. The van der Waals surface area contributed by atoms with Gasteiger partial charge in [-0.1, -0.05) is 6.07 Å². The highest BCUT2D eigenvalue weighted by atomic mass is 32.1. The van der Waals surface area contributed by atoms with Gasteiger partial charge in [0.15, 0.2) is 0 Å². The molecule has 2 atom stereocenters. The molecule has 0 aliphatic carbocycles. The largest absolute Gasteiger partial charge is 0.373 e. The first-order valence-electron chi connectivity index (χ1n) is 6.66. The second-order valence-electron chi connectivity index (χ2n) is 5.00. The van der Waals surface area contributed by atoms with Crippen LogP contribution in [0.25, 0.3) is 0 Å². The molecule has 1 N–H and O–H groups in total. The average molecular weight is 277 g/mol. The minimum Gasteiger partial charge on any atom is -0.373 e. The van der Waals surface area contributed by atoms with Crippen molar-refractivity contribution in [2.75, 3.05) is 13.2 Å². The molecule has 0 radical (unpaired) electrons. The number of thiophene rings is 1. The molecule has 3 heterocycles. The second kappa shape index (κ2) is 5.86. The van der Waals surface area contributed by atoms with Crippen molar-refractivity contribution in [3.8, 4) is 0 Å². The van der Waals surface area contributed by atoms with Crippen LogP contribution in [-0.2, 0) is 18.3 Å². The first kappa shape index (κ1) is 12.8. The van der Waals surface area contributed by atoms with Gasteiger partial charge in [-0.15, -0.1) is 11.3 Å². The van der Waals surface area contributed by atoms with Crippen LogP contribution in [0.15, 0.2) is 29.9 Å². The van der Waals surface area contributed by atoms with E-state index in [1.54, 1.807) is 11.3 Å². The molecule has 102 valence electrons. The highest BCUT2D eigenvalue weighted by Crippen LogP contribution is 2.33. The van der Waals surface area contributed by atoms with Gasteiger partial charge < -0.3 is 10.1 Å². The van der Waals surface area contributed by atoms with E-state index in [4.69, 9.17) is 4.74 Å². The molecule has 4 nitrogen and oxygen atoms in total. The van der Waals surface area contributed by atoms with E-state index in [0.29, 0.717) is 5.92 Å². The summed E-state index contributed by atoms with van der Waals surface area (Å²) in [7, 11) is 1.95. The molecule has 1 saturated heterocycles. The minimum absolute atomic E-state index is 0.199. The van der Waals surface area contributed by atoms with E-state index in [-0.39, 0.29) is 6.10 Å². The number of nitrogens with zero attached hydrogens (tertiary/aromatic N) is 2. The molecule has 0 amide bonds. The topological polar surface area (TPSA) is 39.1 Å². The number of aromatic nitrogens is 2. The van der Waals surface area contributed by atoms with Crippen molar-refractivity contribution in [1.82, 2.24) is 15.1 Å². The summed E-state index contributed by atoms with van der Waals surface area (Å²) in [5.41, 5.74) is 1.20. The molecule has 0 unspecified atom stereocenters. The lowest BCUT2D eigenvalue weighted by Gasteiger charge is -2.17. The maximum absolute atomic E-state index is 5.86. The van der Waals surface area contributed by atoms with Gasteiger partial charge in [-0.2, -0.15) is 5.10 Å². The summed E-state index contributed by atoms with van der Waals surface area (Å²) >= 11 is 1.80. The zero-order chi connectivity index (χ0) is 13.1. The van der Waals surface area contributed by atoms with Crippen molar-refractivity contribution in [1.29, 1.82) is 0 Å². The molecular weight excluding hydrogens is 258 g/mol. The molecule has 1 aliphatic rings. The molecule has 0 saturated carbocycles. The van der Waals surface area contributed by atoms with E-state index in [9.17, 15) is 0 Å². The van der Waals surface area contributed by atoms with Crippen molar-refractivity contribution in [2.24, 2.45) is 13.0 Å². The Labute approximate surface area is 117 Å². The smallest absolute Gasteiger partial charge is 0.0896 e. The van der Waals surface area contributed by atoms with Gasteiger partial charge in [0, 0.05) is 49.3 Å². The molecule has 3 rings (SSSR count). The van der Waals surface area contributed by atoms with Gasteiger partial charge in [0.25, 0.3) is 0 Å². The van der Waals surface area contributed by atoms with Crippen molar-refractivity contribution in [2.45, 2.75) is 19.1 Å². The normalized spacial score (nSPS) is 23.0. The highest BCUT2D eigenvalue weighted by molar-refractivity contribution is 7.09. The summed E-state index contributed by atoms with van der Waals surface area (Å²) in [6.45, 7) is 2.80. The van der Waals surface area contributed by atoms with Crippen molar-refractivity contribution in [3.63, 3.8) is 0 Å². The van der Waals surface area contributed by atoms with E-state index in [2.05, 4.69) is 34.1 Å². The first-order valence-corrected chi connectivity index (χ1v) is 7.54. The summed E-state index contributed by atoms with van der Waals surface area (Å²) in [6, 6.07) is 4.26. The third-order valence-corrected chi connectivity index (χ3v) is 4.43. The summed E-state index contributed by atoms with van der Waals surface area (Å²) in [6.07, 6.45) is 5.30. The quantitative estimate of drug-likeness (QED) is 0.912. The number of hydrogen-bond acceptors (Lipinski definition) is 4. The molecule has 0 bridgehead atoms. The van der Waals surface area contributed by atoms with Crippen LogP contribution in [0.1, 0.15) is 23.0 Å². The fraction of sp³-hybridized carbons (Fsp3) is 0.500. The van der Waals surface area contributed by atoms with E-state index in [0.717, 1.165) is 26.1 Å². The minimum atomic E-state index is 0.199. The summed E-state index contributed by atoms with van der Waals surface area (Å²) in [5.74, 6) is 0.546. The Morgan fingerprint density at radius 2 is 2.53 bits per heavy atom. The first-order chi connectivity index (χ1) is 9.33. The van der Waals surface area contributed by atoms with Gasteiger partial charge in [0.05, 0.1) is 12.3 Å². The Bertz CT molecular complexity index is 509. The lowest BCUT2D eigenvalue weighted by Crippen LogP contribution is -2.24. The van der Waals surface area contributed by atoms with Crippen LogP contribution in [0, 0.1) is 5.92 Å². The SMILES string of the molecule is Cn1cc([C@H]2OCC[C@H]2CNCc2cccs2)cn1. The standard InChI is InChI=1S/C14H19N3OS/c1-17-10-12(8-16-17)14-11(4-5-18-14)7-15-9-13-3-2-6-19-13/h2-3,6,8,10-11,14-15H,4-5,7,9H2,1H3/t11-,14-/m0/s1. The van der Waals surface area contributed by atoms with Gasteiger partial charge in [-0.25, -0.2) is 0 Å². The predicted octanol–water partition coefficient (Wildman–Crippen LogP) is 2.35. The second-order valence-corrected chi connectivity index (χ2v) is 6.03. The number of nitrogens with one attached hydrogen (secondary N) is 1. The Balaban J connectivity index is 1.55. The molecular formula is C14H19N3OS. The van der Waals surface area contributed by atoms with Crippen LogP contribution in [0.2, 0.25) is 0 Å². The fourth-order valence-electron chi connectivity index (χ4n) is 2.59. The molecule has 2 aromatic rings. The van der Waals surface area contributed by atoms with Gasteiger partial charge in [0.2, 0.25) is 0 Å². The van der Waals surface area contributed by atoms with Crippen molar-refractivity contribution < 1.29 is 4.74 Å². The number of aryl methyl sites for hydroxylation is 1. The summed E-state index contributed by atoms with van der Waals surface area (Å²) in [5, 5.41) is 9.89. The number of ether oxygens (including phenoxy) is 1.